The molecule has 0 spiro atoms. The van der Waals surface area contributed by atoms with Crippen LogP contribution in [0.5, 0.6) is 0 Å². The summed E-state index contributed by atoms with van der Waals surface area (Å²) in [5.74, 6) is -0.0617. The fraction of sp³-hybridized carbons (Fsp3) is 0.292. The number of hydrogen-bond donors (Lipinski definition) is 2. The van der Waals surface area contributed by atoms with E-state index in [1.165, 1.54) is 5.69 Å². The standard InChI is InChI=1S/C24H26N4OS/c1-15-12-28(13-16(2)27(15)3)19-5-7-23-20(11-19)21(14-30-23)24(29)26-18-4-6-22-17(10-18)8-9-25-22/h4-11,14-16,25H,12-13H2,1-3H3,(H,26,29). The molecule has 4 aromatic rings. The Labute approximate surface area is 180 Å². The molecule has 1 saturated heterocycles. The van der Waals surface area contributed by atoms with Crippen LogP contribution in [0.15, 0.2) is 54.0 Å². The number of carbonyl (C=O) groups is 1. The first-order valence-corrected chi connectivity index (χ1v) is 11.2. The molecule has 0 bridgehead atoms. The molecule has 0 saturated carbocycles. The van der Waals surface area contributed by atoms with Gasteiger partial charge in [-0.05, 0) is 63.4 Å². The van der Waals surface area contributed by atoms with Crippen molar-refractivity contribution in [2.24, 2.45) is 0 Å². The fourth-order valence-corrected chi connectivity index (χ4v) is 5.26. The molecule has 2 unspecified atom stereocenters. The molecule has 30 heavy (non-hydrogen) atoms. The second-order valence-corrected chi connectivity index (χ2v) is 9.24. The average Bonchev–Trinajstić information content (AvgIpc) is 3.37. The zero-order chi connectivity index (χ0) is 20.8. The normalized spacial score (nSPS) is 20.2. The summed E-state index contributed by atoms with van der Waals surface area (Å²) in [5.41, 5.74) is 3.80. The number of H-pyrrole nitrogens is 1. The quantitative estimate of drug-likeness (QED) is 0.483. The fourth-order valence-electron chi connectivity index (χ4n) is 4.33. The predicted octanol–water partition coefficient (Wildman–Crippen LogP) is 5.16. The van der Waals surface area contributed by atoms with Crippen LogP contribution in [0.1, 0.15) is 24.2 Å². The molecule has 0 radical (unpaired) electrons. The number of nitrogens with zero attached hydrogens (tertiary/aromatic N) is 2. The maximum absolute atomic E-state index is 13.1. The van der Waals surface area contributed by atoms with Gasteiger partial charge in [-0.3, -0.25) is 9.69 Å². The van der Waals surface area contributed by atoms with Gasteiger partial charge in [0.1, 0.15) is 0 Å². The summed E-state index contributed by atoms with van der Waals surface area (Å²) in [5, 5.41) is 7.15. The van der Waals surface area contributed by atoms with E-state index in [9.17, 15) is 4.79 Å². The van der Waals surface area contributed by atoms with Gasteiger partial charge in [-0.2, -0.15) is 0 Å². The zero-order valence-electron chi connectivity index (χ0n) is 17.5. The van der Waals surface area contributed by atoms with Crippen LogP contribution in [-0.4, -0.2) is 48.0 Å². The first-order valence-electron chi connectivity index (χ1n) is 10.4. The van der Waals surface area contributed by atoms with Gasteiger partial charge >= 0.3 is 0 Å². The van der Waals surface area contributed by atoms with Gasteiger partial charge in [0.05, 0.1) is 5.56 Å². The zero-order valence-corrected chi connectivity index (χ0v) is 18.3. The molecule has 5 nitrogen and oxygen atoms in total. The van der Waals surface area contributed by atoms with Crippen molar-refractivity contribution in [1.29, 1.82) is 0 Å². The second-order valence-electron chi connectivity index (χ2n) is 8.33. The molecular weight excluding hydrogens is 392 g/mol. The molecule has 1 fully saturated rings. The minimum atomic E-state index is -0.0617. The number of anilines is 2. The van der Waals surface area contributed by atoms with E-state index in [2.05, 4.69) is 59.2 Å². The highest BCUT2D eigenvalue weighted by Crippen LogP contribution is 2.32. The van der Waals surface area contributed by atoms with Gasteiger partial charge in [0.25, 0.3) is 5.91 Å². The third-order valence-corrected chi connectivity index (χ3v) is 7.30. The van der Waals surface area contributed by atoms with E-state index in [4.69, 9.17) is 0 Å². The Morgan fingerprint density at radius 3 is 2.70 bits per heavy atom. The summed E-state index contributed by atoms with van der Waals surface area (Å²) in [6.45, 7) is 6.53. The number of likely N-dealkylation sites (N-methyl/N-ethyl adjacent to an activating group) is 1. The van der Waals surface area contributed by atoms with Crippen molar-refractivity contribution in [2.45, 2.75) is 25.9 Å². The smallest absolute Gasteiger partial charge is 0.257 e. The maximum Gasteiger partial charge on any atom is 0.257 e. The highest BCUT2D eigenvalue weighted by atomic mass is 32.1. The molecule has 2 N–H and O–H groups in total. The van der Waals surface area contributed by atoms with Crippen molar-refractivity contribution in [3.63, 3.8) is 0 Å². The summed E-state index contributed by atoms with van der Waals surface area (Å²) in [4.78, 5) is 21.1. The number of carbonyl (C=O) groups excluding carboxylic acids is 1. The van der Waals surface area contributed by atoms with Gasteiger partial charge in [-0.1, -0.05) is 0 Å². The van der Waals surface area contributed by atoms with Crippen LogP contribution in [0.2, 0.25) is 0 Å². The number of amides is 1. The Bertz CT molecular complexity index is 1210. The van der Waals surface area contributed by atoms with Gasteiger partial charge in [0.2, 0.25) is 0 Å². The van der Waals surface area contributed by atoms with E-state index < -0.39 is 0 Å². The number of aromatic amines is 1. The summed E-state index contributed by atoms with van der Waals surface area (Å²) in [6, 6.07) is 15.4. The largest absolute Gasteiger partial charge is 0.368 e. The average molecular weight is 419 g/mol. The van der Waals surface area contributed by atoms with Crippen molar-refractivity contribution in [3.05, 3.63) is 59.6 Å². The van der Waals surface area contributed by atoms with Crippen LogP contribution < -0.4 is 10.2 Å². The lowest BCUT2D eigenvalue weighted by Crippen LogP contribution is -2.55. The Balaban J connectivity index is 1.43. The van der Waals surface area contributed by atoms with Crippen LogP contribution >= 0.6 is 11.3 Å². The third kappa shape index (κ3) is 3.36. The van der Waals surface area contributed by atoms with E-state index in [1.807, 2.05) is 35.8 Å². The van der Waals surface area contributed by atoms with Gasteiger partial charge in [-0.25, -0.2) is 0 Å². The first-order chi connectivity index (χ1) is 14.5. The molecule has 2 aromatic carbocycles. The lowest BCUT2D eigenvalue weighted by Gasteiger charge is -2.43. The van der Waals surface area contributed by atoms with Crippen molar-refractivity contribution in [3.8, 4) is 0 Å². The van der Waals surface area contributed by atoms with E-state index in [0.717, 1.165) is 45.3 Å². The van der Waals surface area contributed by atoms with Gasteiger partial charge in [0, 0.05) is 69.1 Å². The molecule has 2 aromatic heterocycles. The van der Waals surface area contributed by atoms with E-state index >= 15 is 0 Å². The number of fused-ring (bicyclic) bond motifs is 2. The second kappa shape index (κ2) is 7.45. The van der Waals surface area contributed by atoms with Crippen molar-refractivity contribution in [2.75, 3.05) is 30.4 Å². The number of nitrogens with one attached hydrogen (secondary N) is 2. The molecule has 1 aliphatic heterocycles. The summed E-state index contributed by atoms with van der Waals surface area (Å²) >= 11 is 1.62. The van der Waals surface area contributed by atoms with Crippen LogP contribution in [-0.2, 0) is 0 Å². The third-order valence-electron chi connectivity index (χ3n) is 6.34. The van der Waals surface area contributed by atoms with Gasteiger partial charge in [0.15, 0.2) is 0 Å². The molecule has 154 valence electrons. The molecule has 3 heterocycles. The van der Waals surface area contributed by atoms with E-state index in [0.29, 0.717) is 12.1 Å². The van der Waals surface area contributed by atoms with Crippen molar-refractivity contribution in [1.82, 2.24) is 9.88 Å². The molecule has 1 aliphatic rings. The topological polar surface area (TPSA) is 51.4 Å². The Morgan fingerprint density at radius 2 is 1.90 bits per heavy atom. The summed E-state index contributed by atoms with van der Waals surface area (Å²) < 4.78 is 1.14. The highest BCUT2D eigenvalue weighted by molar-refractivity contribution is 7.17. The van der Waals surface area contributed by atoms with Crippen LogP contribution in [0, 0.1) is 0 Å². The Morgan fingerprint density at radius 1 is 1.10 bits per heavy atom. The van der Waals surface area contributed by atoms with Crippen molar-refractivity contribution < 1.29 is 4.79 Å². The minimum Gasteiger partial charge on any atom is -0.368 e. The molecular formula is C24H26N4OS. The summed E-state index contributed by atoms with van der Waals surface area (Å²) in [6.07, 6.45) is 1.91. The Kier molecular flexibility index (Phi) is 4.76. The number of thiophene rings is 1. The molecule has 2 atom stereocenters. The van der Waals surface area contributed by atoms with Crippen LogP contribution in [0.3, 0.4) is 0 Å². The Hall–Kier alpha value is -2.83. The molecule has 6 heteroatoms. The lowest BCUT2D eigenvalue weighted by molar-refractivity contribution is 0.102. The van der Waals surface area contributed by atoms with E-state index in [-0.39, 0.29) is 5.91 Å². The number of benzene rings is 2. The first kappa shape index (κ1) is 19.2. The van der Waals surface area contributed by atoms with Crippen LogP contribution in [0.4, 0.5) is 11.4 Å². The monoisotopic (exact) mass is 418 g/mol. The lowest BCUT2D eigenvalue weighted by atomic mass is 10.1. The maximum atomic E-state index is 13.1. The van der Waals surface area contributed by atoms with Crippen molar-refractivity contribution >= 4 is 49.6 Å². The number of piperazine rings is 1. The highest BCUT2D eigenvalue weighted by Gasteiger charge is 2.27. The van der Waals surface area contributed by atoms with Gasteiger partial charge in [-0.15, -0.1) is 11.3 Å². The van der Waals surface area contributed by atoms with E-state index in [1.54, 1.807) is 11.3 Å². The van der Waals surface area contributed by atoms with Crippen LogP contribution in [0.25, 0.3) is 21.0 Å². The molecule has 5 rings (SSSR count). The summed E-state index contributed by atoms with van der Waals surface area (Å²) in [7, 11) is 2.20. The number of hydrogen-bond acceptors (Lipinski definition) is 4. The number of aromatic nitrogens is 1. The minimum absolute atomic E-state index is 0.0617. The SMILES string of the molecule is CC1CN(c2ccc3scc(C(=O)Nc4ccc5[nH]ccc5c4)c3c2)CC(C)N1C. The number of rotatable bonds is 3. The molecule has 1 amide bonds. The molecule has 0 aliphatic carbocycles. The van der Waals surface area contributed by atoms with Gasteiger partial charge < -0.3 is 15.2 Å². The predicted molar refractivity (Wildman–Crippen MR) is 127 cm³/mol.